The number of nitrogens with zero attached hydrogens (tertiary/aromatic N) is 2. The maximum absolute atomic E-state index is 12.5. The van der Waals surface area contributed by atoms with Crippen molar-refractivity contribution in [2.24, 2.45) is 5.73 Å². The summed E-state index contributed by atoms with van der Waals surface area (Å²) >= 11 is 4.96. The van der Waals surface area contributed by atoms with E-state index in [9.17, 15) is 4.79 Å². The Morgan fingerprint density at radius 3 is 3.15 bits per heavy atom. The van der Waals surface area contributed by atoms with Crippen LogP contribution in [0.25, 0.3) is 0 Å². The smallest absolute Gasteiger partial charge is 0.277 e. The lowest BCUT2D eigenvalue weighted by atomic mass is 10.2. The molecule has 1 amide bonds. The minimum absolute atomic E-state index is 0.0226. The van der Waals surface area contributed by atoms with Crippen LogP contribution in [0.4, 0.5) is 5.69 Å². The summed E-state index contributed by atoms with van der Waals surface area (Å²) < 4.78 is 1.05. The van der Waals surface area contributed by atoms with E-state index in [1.54, 1.807) is 0 Å². The zero-order valence-corrected chi connectivity index (χ0v) is 13.2. The summed E-state index contributed by atoms with van der Waals surface area (Å²) in [6, 6.07) is 6.02. The van der Waals surface area contributed by atoms with Crippen molar-refractivity contribution in [1.82, 2.24) is 4.98 Å². The van der Waals surface area contributed by atoms with Crippen molar-refractivity contribution >= 4 is 38.9 Å². The number of rotatable bonds is 3. The van der Waals surface area contributed by atoms with E-state index in [-0.39, 0.29) is 5.91 Å². The number of benzene rings is 1. The third-order valence-corrected chi connectivity index (χ3v) is 4.71. The third-order valence-electron chi connectivity index (χ3n) is 3.31. The number of halogens is 1. The zero-order valence-electron chi connectivity index (χ0n) is 10.8. The molecule has 0 saturated heterocycles. The number of amides is 1. The first-order valence-electron chi connectivity index (χ1n) is 6.44. The zero-order chi connectivity index (χ0) is 14.1. The maximum Gasteiger partial charge on any atom is 0.277 e. The van der Waals surface area contributed by atoms with Crippen molar-refractivity contribution in [3.05, 3.63) is 44.3 Å². The molecular weight excluding hydrogens is 338 g/mol. The molecule has 2 aromatic rings. The summed E-state index contributed by atoms with van der Waals surface area (Å²) in [7, 11) is 0. The van der Waals surface area contributed by atoms with Gasteiger partial charge in [0.2, 0.25) is 0 Å². The van der Waals surface area contributed by atoms with Gasteiger partial charge in [-0.05, 0) is 36.7 Å². The minimum Gasteiger partial charge on any atom is -0.330 e. The topological polar surface area (TPSA) is 59.2 Å². The highest BCUT2D eigenvalue weighted by Gasteiger charge is 2.27. The Hall–Kier alpha value is -1.24. The molecule has 1 aromatic heterocycles. The first-order valence-corrected chi connectivity index (χ1v) is 8.11. The van der Waals surface area contributed by atoms with E-state index in [0.717, 1.165) is 28.0 Å². The molecule has 0 saturated carbocycles. The van der Waals surface area contributed by atoms with Crippen molar-refractivity contribution < 1.29 is 4.79 Å². The van der Waals surface area contributed by atoms with Crippen LogP contribution in [0.2, 0.25) is 0 Å². The van der Waals surface area contributed by atoms with Crippen LogP contribution in [-0.4, -0.2) is 24.0 Å². The van der Waals surface area contributed by atoms with Crippen molar-refractivity contribution in [1.29, 1.82) is 0 Å². The fourth-order valence-electron chi connectivity index (χ4n) is 2.37. The van der Waals surface area contributed by atoms with Gasteiger partial charge in [0, 0.05) is 28.5 Å². The molecule has 3 rings (SSSR count). The van der Waals surface area contributed by atoms with Crippen molar-refractivity contribution in [3.8, 4) is 0 Å². The van der Waals surface area contributed by atoms with E-state index in [4.69, 9.17) is 5.73 Å². The molecule has 20 heavy (non-hydrogen) atoms. The number of hydrogen-bond donors (Lipinski definition) is 1. The monoisotopic (exact) mass is 351 g/mol. The Labute approximate surface area is 129 Å². The van der Waals surface area contributed by atoms with Gasteiger partial charge in [0.05, 0.1) is 5.01 Å². The normalized spacial score (nSPS) is 13.6. The number of thiazole rings is 1. The molecule has 0 fully saturated rings. The number of fused-ring (bicyclic) bond motifs is 1. The molecule has 0 atom stereocenters. The quantitative estimate of drug-likeness (QED) is 0.924. The first-order chi connectivity index (χ1) is 9.69. The van der Waals surface area contributed by atoms with Crippen LogP contribution >= 0.6 is 27.3 Å². The van der Waals surface area contributed by atoms with Crippen molar-refractivity contribution in [3.63, 3.8) is 0 Å². The van der Waals surface area contributed by atoms with Crippen molar-refractivity contribution in [2.45, 2.75) is 12.8 Å². The number of hydrogen-bond acceptors (Lipinski definition) is 4. The molecule has 1 aliphatic rings. The summed E-state index contributed by atoms with van der Waals surface area (Å²) in [5.41, 5.74) is 8.23. The third kappa shape index (κ3) is 2.51. The second-order valence-electron chi connectivity index (χ2n) is 4.64. The average Bonchev–Trinajstić information content (AvgIpc) is 3.04. The van der Waals surface area contributed by atoms with Gasteiger partial charge in [-0.3, -0.25) is 4.79 Å². The number of aromatic nitrogens is 1. The van der Waals surface area contributed by atoms with Gasteiger partial charge in [-0.15, -0.1) is 11.3 Å². The fraction of sp³-hybridized carbons (Fsp3) is 0.286. The Morgan fingerprint density at radius 2 is 2.35 bits per heavy atom. The Bertz CT molecular complexity index is 656. The molecule has 0 spiro atoms. The van der Waals surface area contributed by atoms with Gasteiger partial charge in [-0.2, -0.15) is 0 Å². The van der Waals surface area contributed by atoms with Crippen LogP contribution in [-0.2, 0) is 12.8 Å². The summed E-state index contributed by atoms with van der Waals surface area (Å²) in [6.07, 6.45) is 1.61. The summed E-state index contributed by atoms with van der Waals surface area (Å²) in [5, 5.41) is 2.75. The van der Waals surface area contributed by atoms with Crippen LogP contribution in [0.1, 0.15) is 21.1 Å². The van der Waals surface area contributed by atoms with E-state index in [2.05, 4.69) is 27.0 Å². The Kier molecular flexibility index (Phi) is 3.87. The lowest BCUT2D eigenvalue weighted by molar-refractivity contribution is 0.0985. The van der Waals surface area contributed by atoms with E-state index in [1.165, 1.54) is 16.9 Å². The molecule has 2 N–H and O–H groups in total. The van der Waals surface area contributed by atoms with Gasteiger partial charge in [0.1, 0.15) is 5.69 Å². The standard InChI is InChI=1S/C14H14BrN3OS/c15-10-1-2-12-9(7-10)4-6-18(12)14(19)11-8-20-13(17-11)3-5-16/h1-2,7-8H,3-6,16H2. The molecule has 0 unspecified atom stereocenters. The predicted octanol–water partition coefficient (Wildman–Crippen LogP) is 2.61. The van der Waals surface area contributed by atoms with Gasteiger partial charge in [-0.25, -0.2) is 4.98 Å². The van der Waals surface area contributed by atoms with E-state index >= 15 is 0 Å². The lowest BCUT2D eigenvalue weighted by Gasteiger charge is -2.15. The SMILES string of the molecule is NCCc1nc(C(=O)N2CCc3cc(Br)ccc32)cs1. The molecule has 1 aromatic carbocycles. The van der Waals surface area contributed by atoms with Gasteiger partial charge >= 0.3 is 0 Å². The van der Waals surface area contributed by atoms with Crippen LogP contribution in [0.3, 0.4) is 0 Å². The Balaban J connectivity index is 1.85. The summed E-state index contributed by atoms with van der Waals surface area (Å²) in [5.74, 6) is -0.0226. The minimum atomic E-state index is -0.0226. The predicted molar refractivity (Wildman–Crippen MR) is 84.4 cm³/mol. The maximum atomic E-state index is 12.5. The average molecular weight is 352 g/mol. The van der Waals surface area contributed by atoms with Crippen LogP contribution in [0.15, 0.2) is 28.1 Å². The summed E-state index contributed by atoms with van der Waals surface area (Å²) in [4.78, 5) is 18.7. The molecule has 1 aliphatic heterocycles. The van der Waals surface area contributed by atoms with Gasteiger partial charge < -0.3 is 10.6 Å². The molecule has 0 radical (unpaired) electrons. The molecule has 104 valence electrons. The number of carbonyl (C=O) groups excluding carboxylic acids is 1. The molecular formula is C14H14BrN3OS. The van der Waals surface area contributed by atoms with E-state index in [1.807, 2.05) is 22.4 Å². The molecule has 6 heteroatoms. The van der Waals surface area contributed by atoms with E-state index < -0.39 is 0 Å². The molecule has 4 nitrogen and oxygen atoms in total. The van der Waals surface area contributed by atoms with Gasteiger partial charge in [-0.1, -0.05) is 15.9 Å². The van der Waals surface area contributed by atoms with Crippen LogP contribution in [0, 0.1) is 0 Å². The Morgan fingerprint density at radius 1 is 1.50 bits per heavy atom. The van der Waals surface area contributed by atoms with Gasteiger partial charge in [0.25, 0.3) is 5.91 Å². The second-order valence-corrected chi connectivity index (χ2v) is 6.50. The molecule has 0 aliphatic carbocycles. The van der Waals surface area contributed by atoms with Crippen molar-refractivity contribution in [2.75, 3.05) is 18.0 Å². The second kappa shape index (κ2) is 5.63. The van der Waals surface area contributed by atoms with Gasteiger partial charge in [0.15, 0.2) is 0 Å². The highest BCUT2D eigenvalue weighted by Crippen LogP contribution is 2.31. The highest BCUT2D eigenvalue weighted by atomic mass is 79.9. The number of anilines is 1. The lowest BCUT2D eigenvalue weighted by Crippen LogP contribution is -2.29. The molecule has 2 heterocycles. The number of carbonyl (C=O) groups is 1. The highest BCUT2D eigenvalue weighted by molar-refractivity contribution is 9.10. The fourth-order valence-corrected chi connectivity index (χ4v) is 3.56. The first kappa shape index (κ1) is 13.7. The summed E-state index contributed by atoms with van der Waals surface area (Å²) in [6.45, 7) is 1.27. The largest absolute Gasteiger partial charge is 0.330 e. The van der Waals surface area contributed by atoms with E-state index in [0.29, 0.717) is 18.8 Å². The number of nitrogens with two attached hydrogens (primary N) is 1. The molecule has 0 bridgehead atoms. The van der Waals surface area contributed by atoms with Crippen LogP contribution < -0.4 is 10.6 Å². The van der Waals surface area contributed by atoms with Crippen LogP contribution in [0.5, 0.6) is 0 Å².